The Morgan fingerprint density at radius 1 is 1.38 bits per heavy atom. The highest BCUT2D eigenvalue weighted by Crippen LogP contribution is 2.19. The average Bonchev–Trinajstić information content (AvgIpc) is 2.04. The summed E-state index contributed by atoms with van der Waals surface area (Å²) in [5, 5.41) is 0. The van der Waals surface area contributed by atoms with Gasteiger partial charge < -0.3 is 5.73 Å². The van der Waals surface area contributed by atoms with Crippen LogP contribution in [0.15, 0.2) is 18.2 Å². The van der Waals surface area contributed by atoms with E-state index in [0.29, 0.717) is 0 Å². The van der Waals surface area contributed by atoms with E-state index in [4.69, 9.17) is 5.73 Å². The summed E-state index contributed by atoms with van der Waals surface area (Å²) in [7, 11) is 0. The van der Waals surface area contributed by atoms with Gasteiger partial charge in [0.05, 0.1) is 0 Å². The lowest BCUT2D eigenvalue weighted by molar-refractivity contribution is 0.823. The molecule has 0 bridgehead atoms. The molecule has 1 atom stereocenters. The lowest BCUT2D eigenvalue weighted by atomic mass is 10.0. The molecule has 0 heterocycles. The van der Waals surface area contributed by atoms with Crippen molar-refractivity contribution in [2.45, 2.75) is 19.9 Å². The Kier molecular flexibility index (Phi) is 3.82. The molecule has 0 amide bonds. The van der Waals surface area contributed by atoms with Gasteiger partial charge in [0.2, 0.25) is 0 Å². The van der Waals surface area contributed by atoms with Crippen molar-refractivity contribution in [1.29, 1.82) is 0 Å². The number of hydrogen-bond donors (Lipinski definition) is 1. The highest BCUT2D eigenvalue weighted by Gasteiger charge is 2.07. The van der Waals surface area contributed by atoms with Gasteiger partial charge >= 0.3 is 0 Å². The number of nitrogens with two attached hydrogens (primary N) is 1. The van der Waals surface area contributed by atoms with Crippen LogP contribution in [0.4, 0.5) is 0 Å². The predicted molar refractivity (Wildman–Crippen MR) is 61.2 cm³/mol. The Labute approximate surface area is 84.7 Å². The Morgan fingerprint density at radius 2 is 2.08 bits per heavy atom. The van der Waals surface area contributed by atoms with E-state index in [-0.39, 0.29) is 6.04 Å². The molecule has 2 N–H and O–H groups in total. The topological polar surface area (TPSA) is 26.0 Å². The summed E-state index contributed by atoms with van der Waals surface area (Å²) in [6.45, 7) is 4.24. The van der Waals surface area contributed by atoms with Crippen LogP contribution in [0, 0.1) is 13.8 Å². The summed E-state index contributed by atoms with van der Waals surface area (Å²) in [5.41, 5.74) is 9.92. The van der Waals surface area contributed by atoms with Crippen LogP contribution in [0.2, 0.25) is 0 Å². The minimum absolute atomic E-state index is 0.176. The lowest BCUT2D eigenvalue weighted by Crippen LogP contribution is -2.14. The van der Waals surface area contributed by atoms with Crippen LogP contribution in [0.5, 0.6) is 0 Å². The molecule has 0 saturated carbocycles. The van der Waals surface area contributed by atoms with Crippen LogP contribution < -0.4 is 5.73 Å². The van der Waals surface area contributed by atoms with Crippen LogP contribution in [-0.4, -0.2) is 12.0 Å². The van der Waals surface area contributed by atoms with Gasteiger partial charge in [-0.25, -0.2) is 0 Å². The van der Waals surface area contributed by atoms with Crippen molar-refractivity contribution in [3.05, 3.63) is 34.9 Å². The summed E-state index contributed by atoms with van der Waals surface area (Å²) in [6.07, 6.45) is 2.09. The van der Waals surface area contributed by atoms with Crippen molar-refractivity contribution < 1.29 is 0 Å². The first-order chi connectivity index (χ1) is 6.15. The Morgan fingerprint density at radius 3 is 2.62 bits per heavy atom. The van der Waals surface area contributed by atoms with Gasteiger partial charge in [-0.2, -0.15) is 11.8 Å². The summed E-state index contributed by atoms with van der Waals surface area (Å²) in [4.78, 5) is 0. The molecule has 13 heavy (non-hydrogen) atoms. The molecular formula is C11H17NS. The van der Waals surface area contributed by atoms with Crippen molar-refractivity contribution in [2.24, 2.45) is 5.73 Å². The van der Waals surface area contributed by atoms with Gasteiger partial charge in [0.15, 0.2) is 0 Å². The van der Waals surface area contributed by atoms with E-state index in [1.165, 1.54) is 16.7 Å². The third-order valence-electron chi connectivity index (χ3n) is 2.17. The second-order valence-electron chi connectivity index (χ2n) is 3.42. The average molecular weight is 195 g/mol. The fourth-order valence-corrected chi connectivity index (χ4v) is 2.05. The molecule has 1 nitrogen and oxygen atoms in total. The van der Waals surface area contributed by atoms with Gasteiger partial charge in [-0.3, -0.25) is 0 Å². The van der Waals surface area contributed by atoms with Crippen LogP contribution in [0.1, 0.15) is 22.7 Å². The number of benzene rings is 1. The zero-order chi connectivity index (χ0) is 9.84. The van der Waals surface area contributed by atoms with Crippen LogP contribution >= 0.6 is 11.8 Å². The fourth-order valence-electron chi connectivity index (χ4n) is 1.51. The zero-order valence-electron chi connectivity index (χ0n) is 8.50. The molecule has 1 unspecified atom stereocenters. The first-order valence-electron chi connectivity index (χ1n) is 4.47. The molecule has 1 aromatic rings. The first-order valence-corrected chi connectivity index (χ1v) is 5.86. The largest absolute Gasteiger partial charge is 0.323 e. The van der Waals surface area contributed by atoms with Crippen molar-refractivity contribution >= 4 is 11.8 Å². The molecule has 0 spiro atoms. The van der Waals surface area contributed by atoms with Gasteiger partial charge in [0.25, 0.3) is 0 Å². The van der Waals surface area contributed by atoms with Crippen molar-refractivity contribution in [1.82, 2.24) is 0 Å². The summed E-state index contributed by atoms with van der Waals surface area (Å²) < 4.78 is 0. The number of rotatable bonds is 3. The van der Waals surface area contributed by atoms with Crippen molar-refractivity contribution in [3.8, 4) is 0 Å². The molecular weight excluding hydrogens is 178 g/mol. The highest BCUT2D eigenvalue weighted by molar-refractivity contribution is 7.98. The second-order valence-corrected chi connectivity index (χ2v) is 4.33. The Balaban J connectivity index is 2.88. The van der Waals surface area contributed by atoms with Crippen molar-refractivity contribution in [3.63, 3.8) is 0 Å². The summed E-state index contributed by atoms with van der Waals surface area (Å²) >= 11 is 1.79. The predicted octanol–water partition coefficient (Wildman–Crippen LogP) is 2.67. The minimum Gasteiger partial charge on any atom is -0.323 e. The maximum atomic E-state index is 6.04. The van der Waals surface area contributed by atoms with Gasteiger partial charge in [-0.05, 0) is 31.2 Å². The summed E-state index contributed by atoms with van der Waals surface area (Å²) in [6, 6.07) is 6.64. The van der Waals surface area contributed by atoms with Crippen LogP contribution in [0.25, 0.3) is 0 Å². The van der Waals surface area contributed by atoms with E-state index in [9.17, 15) is 0 Å². The van der Waals surface area contributed by atoms with E-state index in [1.54, 1.807) is 11.8 Å². The first kappa shape index (κ1) is 10.6. The second kappa shape index (κ2) is 4.68. The van der Waals surface area contributed by atoms with Crippen LogP contribution in [-0.2, 0) is 0 Å². The number of hydrogen-bond acceptors (Lipinski definition) is 2. The molecule has 1 aromatic carbocycles. The zero-order valence-corrected chi connectivity index (χ0v) is 9.32. The van der Waals surface area contributed by atoms with E-state index in [2.05, 4.69) is 38.3 Å². The van der Waals surface area contributed by atoms with E-state index < -0.39 is 0 Å². The molecule has 2 heteroatoms. The maximum Gasteiger partial charge on any atom is 0.0389 e. The monoisotopic (exact) mass is 195 g/mol. The SMILES string of the molecule is CSCC(N)c1ccc(C)cc1C. The van der Waals surface area contributed by atoms with Gasteiger partial charge in [-0.1, -0.05) is 23.8 Å². The van der Waals surface area contributed by atoms with E-state index in [1.807, 2.05) is 0 Å². The van der Waals surface area contributed by atoms with Gasteiger partial charge in [-0.15, -0.1) is 0 Å². The molecule has 0 saturated heterocycles. The maximum absolute atomic E-state index is 6.04. The molecule has 1 rings (SSSR count). The van der Waals surface area contributed by atoms with E-state index >= 15 is 0 Å². The van der Waals surface area contributed by atoms with Crippen LogP contribution in [0.3, 0.4) is 0 Å². The summed E-state index contributed by atoms with van der Waals surface area (Å²) in [5.74, 6) is 0.990. The molecule has 0 aromatic heterocycles. The van der Waals surface area contributed by atoms with Gasteiger partial charge in [0.1, 0.15) is 0 Å². The minimum atomic E-state index is 0.176. The third kappa shape index (κ3) is 2.75. The third-order valence-corrected chi connectivity index (χ3v) is 2.86. The Bertz CT molecular complexity index is 283. The molecule has 0 radical (unpaired) electrons. The molecule has 72 valence electrons. The quantitative estimate of drug-likeness (QED) is 0.802. The standard InChI is InChI=1S/C11H17NS/c1-8-4-5-10(9(2)6-8)11(12)7-13-3/h4-6,11H,7,12H2,1-3H3. The number of thioether (sulfide) groups is 1. The number of aryl methyl sites for hydroxylation is 2. The van der Waals surface area contributed by atoms with Crippen molar-refractivity contribution in [2.75, 3.05) is 12.0 Å². The molecule has 0 aliphatic carbocycles. The van der Waals surface area contributed by atoms with Gasteiger partial charge in [0, 0.05) is 11.8 Å². The molecule has 0 fully saturated rings. The highest BCUT2D eigenvalue weighted by atomic mass is 32.2. The van der Waals surface area contributed by atoms with E-state index in [0.717, 1.165) is 5.75 Å². The molecule has 0 aliphatic rings. The smallest absolute Gasteiger partial charge is 0.0389 e. The Hall–Kier alpha value is -0.470. The molecule has 0 aliphatic heterocycles. The normalized spacial score (nSPS) is 12.9. The fraction of sp³-hybridized carbons (Fsp3) is 0.455. The lowest BCUT2D eigenvalue weighted by Gasteiger charge is -2.13.